The molecule has 0 aromatic rings. The number of hydrogen-bond donors (Lipinski definition) is 1. The van der Waals surface area contributed by atoms with Gasteiger partial charge in [-0.2, -0.15) is 0 Å². The zero-order valence-corrected chi connectivity index (χ0v) is 8.32. The Morgan fingerprint density at radius 2 is 1.86 bits per heavy atom. The largest absolute Gasteiger partial charge is 0.449 e. The van der Waals surface area contributed by atoms with E-state index in [1.54, 1.807) is 0 Å². The fourth-order valence-electron chi connectivity index (χ4n) is 2.62. The van der Waals surface area contributed by atoms with Gasteiger partial charge in [0.15, 0.2) is 0 Å². The average molecular weight is 195 g/mol. The summed E-state index contributed by atoms with van der Waals surface area (Å²) in [6.45, 7) is 0.532. The average Bonchev–Trinajstić information content (AvgIpc) is 2.72. The third-order valence-electron chi connectivity index (χ3n) is 3.43. The lowest BCUT2D eigenvalue weighted by atomic mass is 10.1. The highest BCUT2D eigenvalue weighted by Gasteiger charge is 2.49. The minimum Gasteiger partial charge on any atom is -0.449 e. The normalized spacial score (nSPS) is 37.6. The first-order chi connectivity index (χ1) is 6.79. The number of fused-ring (bicyclic) bond motifs is 1. The fourth-order valence-corrected chi connectivity index (χ4v) is 2.62. The molecule has 0 bridgehead atoms. The lowest BCUT2D eigenvalue weighted by Crippen LogP contribution is -2.15. The Labute approximate surface area is 84.3 Å². The standard InChI is InChI=1S/C11H17NO2/c12-11(13)14-7-10-8-5-3-1-2-4-6-9(8)10/h1-2,8-10H,3-7H2,(H2,12,13)/b2-1-/t8-,9+,10-. The monoisotopic (exact) mass is 195 g/mol. The molecule has 3 heteroatoms. The van der Waals surface area contributed by atoms with E-state index < -0.39 is 6.09 Å². The van der Waals surface area contributed by atoms with Crippen molar-refractivity contribution < 1.29 is 9.53 Å². The highest BCUT2D eigenvalue weighted by molar-refractivity contribution is 5.64. The minimum absolute atomic E-state index is 0.532. The molecule has 2 aliphatic carbocycles. The zero-order valence-electron chi connectivity index (χ0n) is 8.32. The Balaban J connectivity index is 1.78. The van der Waals surface area contributed by atoms with Crippen molar-refractivity contribution in [3.8, 4) is 0 Å². The third-order valence-corrected chi connectivity index (χ3v) is 3.43. The van der Waals surface area contributed by atoms with Crippen LogP contribution in [0.5, 0.6) is 0 Å². The summed E-state index contributed by atoms with van der Waals surface area (Å²) in [4.78, 5) is 10.5. The second-order valence-corrected chi connectivity index (χ2v) is 4.25. The van der Waals surface area contributed by atoms with Crippen LogP contribution in [0, 0.1) is 17.8 Å². The Kier molecular flexibility index (Phi) is 2.75. The molecule has 0 aliphatic heterocycles. The Morgan fingerprint density at radius 1 is 1.29 bits per heavy atom. The molecule has 2 aliphatic rings. The second-order valence-electron chi connectivity index (χ2n) is 4.25. The van der Waals surface area contributed by atoms with Gasteiger partial charge in [-0.05, 0) is 43.4 Å². The van der Waals surface area contributed by atoms with Gasteiger partial charge in [0, 0.05) is 0 Å². The molecule has 2 rings (SSSR count). The van der Waals surface area contributed by atoms with Gasteiger partial charge in [0.25, 0.3) is 0 Å². The Hall–Kier alpha value is -0.990. The van der Waals surface area contributed by atoms with E-state index in [1.165, 1.54) is 25.7 Å². The smallest absolute Gasteiger partial charge is 0.404 e. The molecule has 78 valence electrons. The van der Waals surface area contributed by atoms with E-state index in [-0.39, 0.29) is 0 Å². The van der Waals surface area contributed by atoms with Gasteiger partial charge in [-0.15, -0.1) is 0 Å². The Bertz CT molecular complexity index is 234. The number of amides is 1. The molecule has 0 unspecified atom stereocenters. The second kappa shape index (κ2) is 4.03. The fraction of sp³-hybridized carbons (Fsp3) is 0.727. The molecule has 0 aromatic heterocycles. The first-order valence-electron chi connectivity index (χ1n) is 5.36. The molecule has 14 heavy (non-hydrogen) atoms. The summed E-state index contributed by atoms with van der Waals surface area (Å²) in [5.74, 6) is 2.14. The number of hydrogen-bond acceptors (Lipinski definition) is 2. The summed E-state index contributed by atoms with van der Waals surface area (Å²) < 4.78 is 4.86. The molecule has 1 amide bonds. The summed E-state index contributed by atoms with van der Waals surface area (Å²) in [7, 11) is 0. The maximum Gasteiger partial charge on any atom is 0.404 e. The van der Waals surface area contributed by atoms with E-state index in [1.807, 2.05) is 0 Å². The van der Waals surface area contributed by atoms with E-state index in [0.717, 1.165) is 11.8 Å². The number of carbonyl (C=O) groups excluding carboxylic acids is 1. The zero-order chi connectivity index (χ0) is 9.97. The van der Waals surface area contributed by atoms with Gasteiger partial charge < -0.3 is 10.5 Å². The van der Waals surface area contributed by atoms with Crippen molar-refractivity contribution >= 4 is 6.09 Å². The van der Waals surface area contributed by atoms with E-state index in [2.05, 4.69) is 12.2 Å². The molecule has 0 spiro atoms. The van der Waals surface area contributed by atoms with Crippen LogP contribution in [0.15, 0.2) is 12.2 Å². The van der Waals surface area contributed by atoms with Gasteiger partial charge in [-0.25, -0.2) is 4.79 Å². The first kappa shape index (κ1) is 9.56. The van der Waals surface area contributed by atoms with E-state index in [4.69, 9.17) is 10.5 Å². The third kappa shape index (κ3) is 2.08. The lowest BCUT2D eigenvalue weighted by Gasteiger charge is -1.99. The molecule has 3 atom stereocenters. The van der Waals surface area contributed by atoms with Gasteiger partial charge in [-0.1, -0.05) is 12.2 Å². The maximum atomic E-state index is 10.5. The van der Waals surface area contributed by atoms with Crippen molar-refractivity contribution in [1.82, 2.24) is 0 Å². The highest BCUT2D eigenvalue weighted by atomic mass is 16.5. The van der Waals surface area contributed by atoms with Crippen molar-refractivity contribution in [3.63, 3.8) is 0 Å². The molecule has 3 nitrogen and oxygen atoms in total. The number of rotatable bonds is 2. The van der Waals surface area contributed by atoms with Crippen LogP contribution in [0.25, 0.3) is 0 Å². The number of carbonyl (C=O) groups is 1. The molecule has 0 radical (unpaired) electrons. The summed E-state index contributed by atoms with van der Waals surface area (Å²) in [6, 6.07) is 0. The predicted molar refractivity (Wildman–Crippen MR) is 53.6 cm³/mol. The number of primary amides is 1. The van der Waals surface area contributed by atoms with Crippen molar-refractivity contribution in [2.75, 3.05) is 6.61 Å². The highest BCUT2D eigenvalue weighted by Crippen LogP contribution is 2.52. The van der Waals surface area contributed by atoms with Crippen molar-refractivity contribution in [1.29, 1.82) is 0 Å². The minimum atomic E-state index is -0.637. The van der Waals surface area contributed by atoms with Crippen LogP contribution in [0.4, 0.5) is 4.79 Å². The lowest BCUT2D eigenvalue weighted by molar-refractivity contribution is 0.147. The van der Waals surface area contributed by atoms with Crippen molar-refractivity contribution in [2.45, 2.75) is 25.7 Å². The van der Waals surface area contributed by atoms with Gasteiger partial charge in [0.05, 0.1) is 6.61 Å². The first-order valence-corrected chi connectivity index (χ1v) is 5.36. The summed E-state index contributed by atoms with van der Waals surface area (Å²) in [5, 5.41) is 0. The summed E-state index contributed by atoms with van der Waals surface area (Å²) >= 11 is 0. The van der Waals surface area contributed by atoms with Crippen LogP contribution >= 0.6 is 0 Å². The van der Waals surface area contributed by atoms with Crippen LogP contribution in [0.1, 0.15) is 25.7 Å². The van der Waals surface area contributed by atoms with Gasteiger partial charge in [-0.3, -0.25) is 0 Å². The SMILES string of the molecule is NC(=O)OC[C@@H]1[C@@H]2CC/C=C\CC[C@@H]21. The number of nitrogens with two attached hydrogens (primary N) is 1. The molecule has 0 heterocycles. The molecule has 0 saturated heterocycles. The topological polar surface area (TPSA) is 52.3 Å². The molecular weight excluding hydrogens is 178 g/mol. The van der Waals surface area contributed by atoms with Crippen LogP contribution in [-0.2, 0) is 4.74 Å². The predicted octanol–water partition coefficient (Wildman–Crippen LogP) is 2.07. The molecule has 1 saturated carbocycles. The van der Waals surface area contributed by atoms with Crippen LogP contribution in [-0.4, -0.2) is 12.7 Å². The van der Waals surface area contributed by atoms with Crippen LogP contribution in [0.3, 0.4) is 0 Å². The van der Waals surface area contributed by atoms with Gasteiger partial charge >= 0.3 is 6.09 Å². The molecular formula is C11H17NO2. The van der Waals surface area contributed by atoms with Crippen molar-refractivity contribution in [3.05, 3.63) is 12.2 Å². The van der Waals surface area contributed by atoms with Crippen LogP contribution < -0.4 is 5.73 Å². The van der Waals surface area contributed by atoms with E-state index >= 15 is 0 Å². The quantitative estimate of drug-likeness (QED) is 0.686. The van der Waals surface area contributed by atoms with Gasteiger partial charge in [0.1, 0.15) is 0 Å². The number of allylic oxidation sites excluding steroid dienone is 2. The Morgan fingerprint density at radius 3 is 2.36 bits per heavy atom. The summed E-state index contributed by atoms with van der Waals surface area (Å²) in [6.07, 6.45) is 8.73. The van der Waals surface area contributed by atoms with Gasteiger partial charge in [0.2, 0.25) is 0 Å². The summed E-state index contributed by atoms with van der Waals surface area (Å²) in [5.41, 5.74) is 4.95. The van der Waals surface area contributed by atoms with Crippen molar-refractivity contribution in [2.24, 2.45) is 23.5 Å². The number of ether oxygens (including phenoxy) is 1. The van der Waals surface area contributed by atoms with E-state index in [9.17, 15) is 4.79 Å². The maximum absolute atomic E-state index is 10.5. The van der Waals surface area contributed by atoms with E-state index in [0.29, 0.717) is 12.5 Å². The van der Waals surface area contributed by atoms with Crippen LogP contribution in [0.2, 0.25) is 0 Å². The molecule has 2 N–H and O–H groups in total. The molecule has 0 aromatic carbocycles. The molecule has 1 fully saturated rings.